The lowest BCUT2D eigenvalue weighted by atomic mass is 10.0. The molecule has 2 heterocycles. The van der Waals surface area contributed by atoms with Crippen molar-refractivity contribution in [3.63, 3.8) is 0 Å². The Morgan fingerprint density at radius 1 is 1.47 bits per heavy atom. The number of aryl methyl sites for hydroxylation is 1. The standard InChI is InChI=1S/C11H15N3S/c1-3-4-8-10(13-14-11(8)12)9-6-15-5-7(9)2/h5-6H,3-4H2,1-2H3,(H3,12,13,14). The molecule has 80 valence electrons. The summed E-state index contributed by atoms with van der Waals surface area (Å²) in [7, 11) is 0. The van der Waals surface area contributed by atoms with Gasteiger partial charge in [-0.1, -0.05) is 13.3 Å². The summed E-state index contributed by atoms with van der Waals surface area (Å²) in [6, 6.07) is 0. The van der Waals surface area contributed by atoms with Crippen LogP contribution >= 0.6 is 11.3 Å². The van der Waals surface area contributed by atoms with E-state index < -0.39 is 0 Å². The quantitative estimate of drug-likeness (QED) is 0.837. The summed E-state index contributed by atoms with van der Waals surface area (Å²) >= 11 is 1.71. The molecule has 0 saturated heterocycles. The van der Waals surface area contributed by atoms with E-state index in [4.69, 9.17) is 5.73 Å². The van der Waals surface area contributed by atoms with Crippen molar-refractivity contribution in [1.29, 1.82) is 0 Å². The minimum atomic E-state index is 0.637. The van der Waals surface area contributed by atoms with Gasteiger partial charge in [-0.3, -0.25) is 5.10 Å². The van der Waals surface area contributed by atoms with E-state index >= 15 is 0 Å². The van der Waals surface area contributed by atoms with Crippen molar-refractivity contribution in [1.82, 2.24) is 10.2 Å². The molecule has 0 spiro atoms. The predicted molar refractivity (Wildman–Crippen MR) is 65.0 cm³/mol. The van der Waals surface area contributed by atoms with Crippen LogP contribution in [-0.4, -0.2) is 10.2 Å². The van der Waals surface area contributed by atoms with E-state index in [0.29, 0.717) is 5.82 Å². The second kappa shape index (κ2) is 4.06. The number of H-pyrrole nitrogens is 1. The second-order valence-corrected chi connectivity index (χ2v) is 4.42. The van der Waals surface area contributed by atoms with Crippen LogP contribution in [0, 0.1) is 6.92 Å². The van der Waals surface area contributed by atoms with Crippen LogP contribution in [0.1, 0.15) is 24.5 Å². The smallest absolute Gasteiger partial charge is 0.149 e. The minimum Gasteiger partial charge on any atom is -0.382 e. The molecule has 0 atom stereocenters. The van der Waals surface area contributed by atoms with E-state index in [-0.39, 0.29) is 0 Å². The monoisotopic (exact) mass is 221 g/mol. The average Bonchev–Trinajstić information content (AvgIpc) is 2.76. The molecular formula is C11H15N3S. The number of nitrogens with zero attached hydrogens (tertiary/aromatic N) is 1. The molecule has 0 fully saturated rings. The molecular weight excluding hydrogens is 206 g/mol. The van der Waals surface area contributed by atoms with Crippen molar-refractivity contribution >= 4 is 17.2 Å². The molecule has 0 aliphatic carbocycles. The summed E-state index contributed by atoms with van der Waals surface area (Å²) < 4.78 is 0. The van der Waals surface area contributed by atoms with Gasteiger partial charge in [-0.2, -0.15) is 16.4 Å². The first kappa shape index (κ1) is 10.2. The average molecular weight is 221 g/mol. The third-order valence-corrected chi connectivity index (χ3v) is 3.39. The lowest BCUT2D eigenvalue weighted by molar-refractivity contribution is 0.927. The molecule has 4 heteroatoms. The fourth-order valence-corrected chi connectivity index (χ4v) is 2.56. The van der Waals surface area contributed by atoms with Crippen molar-refractivity contribution in [2.75, 3.05) is 5.73 Å². The maximum absolute atomic E-state index is 5.84. The number of thiophene rings is 1. The topological polar surface area (TPSA) is 54.7 Å². The molecule has 15 heavy (non-hydrogen) atoms. The van der Waals surface area contributed by atoms with Gasteiger partial charge in [0.1, 0.15) is 5.82 Å². The van der Waals surface area contributed by atoms with E-state index in [1.54, 1.807) is 11.3 Å². The van der Waals surface area contributed by atoms with E-state index in [2.05, 4.69) is 34.8 Å². The predicted octanol–water partition coefficient (Wildman–Crippen LogP) is 2.98. The number of nitrogens with two attached hydrogens (primary N) is 1. The minimum absolute atomic E-state index is 0.637. The first-order valence-electron chi connectivity index (χ1n) is 5.10. The van der Waals surface area contributed by atoms with Crippen LogP contribution < -0.4 is 5.73 Å². The number of nitrogen functional groups attached to an aromatic ring is 1. The Morgan fingerprint density at radius 3 is 2.87 bits per heavy atom. The summed E-state index contributed by atoms with van der Waals surface area (Å²) in [6.45, 7) is 4.26. The first-order valence-corrected chi connectivity index (χ1v) is 6.04. The molecule has 3 N–H and O–H groups in total. The zero-order chi connectivity index (χ0) is 10.8. The SMILES string of the molecule is CCCc1c(N)n[nH]c1-c1cscc1C. The molecule has 0 saturated carbocycles. The Kier molecular flexibility index (Phi) is 2.77. The van der Waals surface area contributed by atoms with Crippen molar-refractivity contribution in [3.8, 4) is 11.3 Å². The number of aromatic amines is 1. The van der Waals surface area contributed by atoms with E-state index in [1.165, 1.54) is 11.1 Å². The number of nitrogens with one attached hydrogen (secondary N) is 1. The second-order valence-electron chi connectivity index (χ2n) is 3.68. The van der Waals surface area contributed by atoms with Crippen LogP contribution in [0.25, 0.3) is 11.3 Å². The largest absolute Gasteiger partial charge is 0.382 e. The molecule has 0 radical (unpaired) electrons. The molecule has 0 aliphatic heterocycles. The number of anilines is 1. The van der Waals surface area contributed by atoms with Gasteiger partial charge in [0.15, 0.2) is 0 Å². The van der Waals surface area contributed by atoms with Crippen molar-refractivity contribution in [2.24, 2.45) is 0 Å². The zero-order valence-electron chi connectivity index (χ0n) is 9.00. The Hall–Kier alpha value is -1.29. The van der Waals surface area contributed by atoms with Crippen molar-refractivity contribution in [2.45, 2.75) is 26.7 Å². The van der Waals surface area contributed by atoms with Crippen molar-refractivity contribution < 1.29 is 0 Å². The van der Waals surface area contributed by atoms with Crippen molar-refractivity contribution in [3.05, 3.63) is 21.9 Å². The van der Waals surface area contributed by atoms with Crippen LogP contribution in [0.15, 0.2) is 10.8 Å². The van der Waals surface area contributed by atoms with Crippen LogP contribution in [0.3, 0.4) is 0 Å². The third kappa shape index (κ3) is 1.77. The van der Waals surface area contributed by atoms with Gasteiger partial charge in [0.25, 0.3) is 0 Å². The first-order chi connectivity index (χ1) is 7.24. The molecule has 0 aliphatic rings. The molecule has 0 amide bonds. The highest BCUT2D eigenvalue weighted by Gasteiger charge is 2.13. The van der Waals surface area contributed by atoms with E-state index in [9.17, 15) is 0 Å². The van der Waals surface area contributed by atoms with E-state index in [1.807, 2.05) is 0 Å². The summed E-state index contributed by atoms with van der Waals surface area (Å²) in [4.78, 5) is 0. The highest BCUT2D eigenvalue weighted by atomic mass is 32.1. The van der Waals surface area contributed by atoms with Gasteiger partial charge in [0, 0.05) is 16.5 Å². The Balaban J connectivity index is 2.49. The Labute approximate surface area is 93.3 Å². The van der Waals surface area contributed by atoms with Gasteiger partial charge in [-0.15, -0.1) is 0 Å². The van der Waals surface area contributed by atoms with Crippen LogP contribution in [0.5, 0.6) is 0 Å². The molecule has 0 aromatic carbocycles. The normalized spacial score (nSPS) is 10.8. The molecule has 2 rings (SSSR count). The highest BCUT2D eigenvalue weighted by molar-refractivity contribution is 7.08. The number of aromatic nitrogens is 2. The molecule has 3 nitrogen and oxygen atoms in total. The highest BCUT2D eigenvalue weighted by Crippen LogP contribution is 2.30. The fraction of sp³-hybridized carbons (Fsp3) is 0.364. The Morgan fingerprint density at radius 2 is 2.27 bits per heavy atom. The van der Waals surface area contributed by atoms with Crippen LogP contribution in [0.4, 0.5) is 5.82 Å². The zero-order valence-corrected chi connectivity index (χ0v) is 9.82. The lowest BCUT2D eigenvalue weighted by Crippen LogP contribution is -1.92. The molecule has 2 aromatic rings. The lowest BCUT2D eigenvalue weighted by Gasteiger charge is -2.01. The maximum atomic E-state index is 5.84. The van der Waals surface area contributed by atoms with Crippen LogP contribution in [-0.2, 0) is 6.42 Å². The van der Waals surface area contributed by atoms with Gasteiger partial charge in [0.05, 0.1) is 5.69 Å². The molecule has 0 bridgehead atoms. The van der Waals surface area contributed by atoms with Gasteiger partial charge >= 0.3 is 0 Å². The van der Waals surface area contributed by atoms with E-state index in [0.717, 1.165) is 24.1 Å². The maximum Gasteiger partial charge on any atom is 0.149 e. The molecule has 0 unspecified atom stereocenters. The van der Waals surface area contributed by atoms with Gasteiger partial charge < -0.3 is 5.73 Å². The van der Waals surface area contributed by atoms with Crippen LogP contribution in [0.2, 0.25) is 0 Å². The summed E-state index contributed by atoms with van der Waals surface area (Å²) in [5, 5.41) is 11.4. The van der Waals surface area contributed by atoms with Gasteiger partial charge in [0.2, 0.25) is 0 Å². The number of rotatable bonds is 3. The number of hydrogen-bond acceptors (Lipinski definition) is 3. The fourth-order valence-electron chi connectivity index (χ4n) is 1.72. The van der Waals surface area contributed by atoms with Gasteiger partial charge in [-0.05, 0) is 24.3 Å². The third-order valence-electron chi connectivity index (χ3n) is 2.52. The summed E-state index contributed by atoms with van der Waals surface area (Å²) in [5.74, 6) is 0.637. The van der Waals surface area contributed by atoms with Gasteiger partial charge in [-0.25, -0.2) is 0 Å². The summed E-state index contributed by atoms with van der Waals surface area (Å²) in [5.41, 5.74) is 10.6. The summed E-state index contributed by atoms with van der Waals surface area (Å²) in [6.07, 6.45) is 2.06. The molecule has 2 aromatic heterocycles. The Bertz CT molecular complexity index is 456. The number of hydrogen-bond donors (Lipinski definition) is 2.